The van der Waals surface area contributed by atoms with Gasteiger partial charge in [-0.15, -0.1) is 0 Å². The zero-order valence-electron chi connectivity index (χ0n) is 10.5. The van der Waals surface area contributed by atoms with E-state index in [2.05, 4.69) is 15.9 Å². The highest BCUT2D eigenvalue weighted by Gasteiger charge is 2.40. The normalized spacial score (nSPS) is 17.9. The number of aliphatic carboxylic acids is 1. The molecule has 108 valence electrons. The smallest absolute Gasteiger partial charge is 0.335 e. The summed E-state index contributed by atoms with van der Waals surface area (Å²) in [5.41, 5.74) is -1.38. The molecule has 0 bridgehead atoms. The number of hydrogen-bond donors (Lipinski definition) is 2. The number of amides is 1. The molecule has 1 amide bonds. The molecule has 0 radical (unpaired) electrons. The third kappa shape index (κ3) is 2.97. The molecule has 0 unspecified atom stereocenters. The Kier molecular flexibility index (Phi) is 4.36. The van der Waals surface area contributed by atoms with E-state index >= 15 is 0 Å². The minimum atomic E-state index is -1.74. The van der Waals surface area contributed by atoms with Gasteiger partial charge in [0.15, 0.2) is 5.60 Å². The first-order chi connectivity index (χ1) is 9.33. The fourth-order valence-corrected chi connectivity index (χ4v) is 2.68. The number of hydrogen-bond acceptors (Lipinski definition) is 3. The SMILES string of the molecule is O=C(c1cc(Br)ccc1Cl)N1CCC(O)(C(=O)O)CC1. The Morgan fingerprint density at radius 2 is 1.90 bits per heavy atom. The Bertz CT molecular complexity index is 555. The molecule has 2 N–H and O–H groups in total. The molecule has 2 rings (SSSR count). The van der Waals surface area contributed by atoms with Crippen LogP contribution >= 0.6 is 27.5 Å². The van der Waals surface area contributed by atoms with Crippen molar-refractivity contribution in [3.8, 4) is 0 Å². The lowest BCUT2D eigenvalue weighted by Gasteiger charge is -2.35. The van der Waals surface area contributed by atoms with E-state index in [1.165, 1.54) is 4.90 Å². The van der Waals surface area contributed by atoms with Crippen LogP contribution in [0.5, 0.6) is 0 Å². The summed E-state index contributed by atoms with van der Waals surface area (Å²) in [5.74, 6) is -1.51. The van der Waals surface area contributed by atoms with Gasteiger partial charge in [0, 0.05) is 30.4 Å². The van der Waals surface area contributed by atoms with Crippen LogP contribution in [0.3, 0.4) is 0 Å². The summed E-state index contributed by atoms with van der Waals surface area (Å²) in [7, 11) is 0. The van der Waals surface area contributed by atoms with Gasteiger partial charge in [-0.05, 0) is 18.2 Å². The Morgan fingerprint density at radius 1 is 1.30 bits per heavy atom. The van der Waals surface area contributed by atoms with Crippen molar-refractivity contribution in [3.05, 3.63) is 33.3 Å². The number of carbonyl (C=O) groups excluding carboxylic acids is 1. The molecule has 5 nitrogen and oxygen atoms in total. The third-order valence-corrected chi connectivity index (χ3v) is 4.26. The van der Waals surface area contributed by atoms with Crippen LogP contribution in [0.1, 0.15) is 23.2 Å². The summed E-state index contributed by atoms with van der Waals surface area (Å²) >= 11 is 9.28. The number of likely N-dealkylation sites (tertiary alicyclic amines) is 1. The van der Waals surface area contributed by atoms with Crippen LogP contribution in [0, 0.1) is 0 Å². The van der Waals surface area contributed by atoms with Gasteiger partial charge in [-0.1, -0.05) is 27.5 Å². The molecule has 1 aromatic rings. The van der Waals surface area contributed by atoms with E-state index < -0.39 is 11.6 Å². The van der Waals surface area contributed by atoms with Gasteiger partial charge in [0.05, 0.1) is 10.6 Å². The van der Waals surface area contributed by atoms with E-state index in [0.29, 0.717) is 10.6 Å². The summed E-state index contributed by atoms with van der Waals surface area (Å²) in [6, 6.07) is 4.98. The molecule has 1 aliphatic rings. The zero-order chi connectivity index (χ0) is 14.9. The monoisotopic (exact) mass is 361 g/mol. The number of carboxylic acid groups (broad SMARTS) is 1. The summed E-state index contributed by atoms with van der Waals surface area (Å²) in [5, 5.41) is 19.1. The number of rotatable bonds is 2. The van der Waals surface area contributed by atoms with Crippen LogP contribution in [0.25, 0.3) is 0 Å². The standard InChI is InChI=1S/C13H13BrClNO4/c14-8-1-2-10(15)9(7-8)11(17)16-5-3-13(20,4-6-16)12(18)19/h1-2,7,20H,3-6H2,(H,18,19). The van der Waals surface area contributed by atoms with Gasteiger partial charge < -0.3 is 15.1 Å². The Labute approximate surface area is 129 Å². The van der Waals surface area contributed by atoms with Gasteiger partial charge in [-0.3, -0.25) is 4.79 Å². The van der Waals surface area contributed by atoms with E-state index in [-0.39, 0.29) is 31.8 Å². The van der Waals surface area contributed by atoms with Gasteiger partial charge >= 0.3 is 5.97 Å². The lowest BCUT2D eigenvalue weighted by Crippen LogP contribution is -2.50. The molecule has 0 aromatic heterocycles. The number of piperidine rings is 1. The highest BCUT2D eigenvalue weighted by atomic mass is 79.9. The molecule has 0 saturated carbocycles. The van der Waals surface area contributed by atoms with E-state index in [1.54, 1.807) is 18.2 Å². The average Bonchev–Trinajstić information content (AvgIpc) is 2.41. The first-order valence-electron chi connectivity index (χ1n) is 6.03. The molecular weight excluding hydrogens is 350 g/mol. The van der Waals surface area contributed by atoms with Crippen LogP contribution < -0.4 is 0 Å². The largest absolute Gasteiger partial charge is 0.479 e. The summed E-state index contributed by atoms with van der Waals surface area (Å²) in [4.78, 5) is 24.8. The van der Waals surface area contributed by atoms with Crippen LogP contribution in [-0.2, 0) is 4.79 Å². The fourth-order valence-electron chi connectivity index (χ4n) is 2.13. The van der Waals surface area contributed by atoms with Crippen LogP contribution in [0.4, 0.5) is 0 Å². The lowest BCUT2D eigenvalue weighted by atomic mass is 9.91. The Morgan fingerprint density at radius 3 is 2.45 bits per heavy atom. The number of carboxylic acids is 1. The van der Waals surface area contributed by atoms with Crippen molar-refractivity contribution in [2.75, 3.05) is 13.1 Å². The molecule has 1 fully saturated rings. The maximum absolute atomic E-state index is 12.3. The van der Waals surface area contributed by atoms with Crippen molar-refractivity contribution in [1.29, 1.82) is 0 Å². The molecule has 0 spiro atoms. The highest BCUT2D eigenvalue weighted by molar-refractivity contribution is 9.10. The summed E-state index contributed by atoms with van der Waals surface area (Å²) < 4.78 is 0.740. The van der Waals surface area contributed by atoms with Gasteiger partial charge in [0.1, 0.15) is 0 Å². The van der Waals surface area contributed by atoms with E-state index in [4.69, 9.17) is 16.7 Å². The molecular formula is C13H13BrClNO4. The van der Waals surface area contributed by atoms with Gasteiger partial charge in [0.25, 0.3) is 5.91 Å². The Hall–Kier alpha value is -1.11. The topological polar surface area (TPSA) is 77.8 Å². The van der Waals surface area contributed by atoms with Crippen molar-refractivity contribution < 1.29 is 19.8 Å². The fraction of sp³-hybridized carbons (Fsp3) is 0.385. The average molecular weight is 363 g/mol. The Balaban J connectivity index is 2.13. The number of benzene rings is 1. The van der Waals surface area contributed by atoms with Gasteiger partial charge in [-0.25, -0.2) is 4.79 Å². The van der Waals surface area contributed by atoms with Crippen LogP contribution in [0.15, 0.2) is 22.7 Å². The minimum absolute atomic E-state index is 0.0136. The van der Waals surface area contributed by atoms with E-state index in [1.807, 2.05) is 0 Å². The van der Waals surface area contributed by atoms with Crippen molar-refractivity contribution in [2.24, 2.45) is 0 Å². The third-order valence-electron chi connectivity index (χ3n) is 3.43. The maximum atomic E-state index is 12.3. The quantitative estimate of drug-likeness (QED) is 0.845. The molecule has 1 aromatic carbocycles. The minimum Gasteiger partial charge on any atom is -0.479 e. The number of halogens is 2. The van der Waals surface area contributed by atoms with Crippen LogP contribution in [0.2, 0.25) is 5.02 Å². The van der Waals surface area contributed by atoms with E-state index in [0.717, 1.165) is 4.47 Å². The number of aliphatic hydroxyl groups is 1. The first-order valence-corrected chi connectivity index (χ1v) is 7.21. The lowest BCUT2D eigenvalue weighted by molar-refractivity contribution is -0.162. The molecule has 20 heavy (non-hydrogen) atoms. The molecule has 1 saturated heterocycles. The molecule has 0 atom stereocenters. The second kappa shape index (κ2) is 5.71. The molecule has 7 heteroatoms. The second-order valence-electron chi connectivity index (χ2n) is 4.75. The van der Waals surface area contributed by atoms with Gasteiger partial charge in [0.2, 0.25) is 0 Å². The van der Waals surface area contributed by atoms with Crippen molar-refractivity contribution in [2.45, 2.75) is 18.4 Å². The van der Waals surface area contributed by atoms with Crippen molar-refractivity contribution in [3.63, 3.8) is 0 Å². The van der Waals surface area contributed by atoms with Crippen molar-refractivity contribution >= 4 is 39.4 Å². The van der Waals surface area contributed by atoms with Crippen LogP contribution in [-0.4, -0.2) is 45.7 Å². The summed E-state index contributed by atoms with van der Waals surface area (Å²) in [6.07, 6.45) is 0.0272. The van der Waals surface area contributed by atoms with E-state index in [9.17, 15) is 14.7 Å². The molecule has 0 aliphatic carbocycles. The first kappa shape index (κ1) is 15.3. The number of nitrogens with zero attached hydrogens (tertiary/aromatic N) is 1. The highest BCUT2D eigenvalue weighted by Crippen LogP contribution is 2.27. The second-order valence-corrected chi connectivity index (χ2v) is 6.08. The molecule has 1 aliphatic heterocycles. The predicted molar refractivity (Wildman–Crippen MR) is 76.9 cm³/mol. The van der Waals surface area contributed by atoms with Gasteiger partial charge in [-0.2, -0.15) is 0 Å². The number of carbonyl (C=O) groups is 2. The summed E-state index contributed by atoms with van der Waals surface area (Å²) in [6.45, 7) is 0.370. The maximum Gasteiger partial charge on any atom is 0.335 e. The zero-order valence-corrected chi connectivity index (χ0v) is 12.8. The predicted octanol–water partition coefficient (Wildman–Crippen LogP) is 2.15. The molecule has 1 heterocycles. The van der Waals surface area contributed by atoms with Crippen molar-refractivity contribution in [1.82, 2.24) is 4.90 Å².